The summed E-state index contributed by atoms with van der Waals surface area (Å²) in [6, 6.07) is 0. The molecule has 0 spiro atoms. The molecule has 0 amide bonds. The Morgan fingerprint density at radius 1 is 0.923 bits per heavy atom. The highest BCUT2D eigenvalue weighted by molar-refractivity contribution is 5.61. The van der Waals surface area contributed by atoms with E-state index in [2.05, 4.69) is 45.1 Å². The van der Waals surface area contributed by atoms with Crippen LogP contribution in [0, 0.1) is 5.92 Å². The van der Waals surface area contributed by atoms with Gasteiger partial charge in [-0.05, 0) is 42.6 Å². The monoisotopic (exact) mass is 171 g/mol. The minimum atomic E-state index is 1.11. The van der Waals surface area contributed by atoms with E-state index >= 15 is 0 Å². The average Bonchev–Trinajstić information content (AvgIpc) is 2.60. The minimum Gasteiger partial charge on any atom is -0.0798 e. The lowest BCUT2D eigenvalue weighted by atomic mass is 9.92. The van der Waals surface area contributed by atoms with Gasteiger partial charge in [-0.3, -0.25) is 0 Å². The molecule has 0 aromatic rings. The maximum atomic E-state index is 2.25. The normalized spacial score (nSPS) is 22.7. The van der Waals surface area contributed by atoms with Crippen LogP contribution in [-0.4, -0.2) is 0 Å². The summed E-state index contributed by atoms with van der Waals surface area (Å²) >= 11 is 0. The van der Waals surface area contributed by atoms with Crippen molar-refractivity contribution in [1.82, 2.24) is 0 Å². The summed E-state index contributed by atoms with van der Waals surface area (Å²) in [7, 11) is 0. The zero-order valence-corrected chi connectivity index (χ0v) is 8.52. The SMILES string of the molecule is C[C]1C=CC(C)=C1C1=C(C)C=CC1. The van der Waals surface area contributed by atoms with Crippen molar-refractivity contribution in [3.63, 3.8) is 0 Å². The molecular weight excluding hydrogens is 156 g/mol. The van der Waals surface area contributed by atoms with E-state index in [9.17, 15) is 0 Å². The van der Waals surface area contributed by atoms with Crippen LogP contribution in [0.2, 0.25) is 0 Å². The smallest absolute Gasteiger partial charge is 0.0241 e. The first-order valence-corrected chi connectivity index (χ1v) is 4.79. The lowest BCUT2D eigenvalue weighted by molar-refractivity contribution is 1.14. The number of rotatable bonds is 1. The Balaban J connectivity index is 2.39. The third kappa shape index (κ3) is 1.31. The van der Waals surface area contributed by atoms with Crippen molar-refractivity contribution in [1.29, 1.82) is 0 Å². The van der Waals surface area contributed by atoms with Crippen molar-refractivity contribution in [2.75, 3.05) is 0 Å². The van der Waals surface area contributed by atoms with Gasteiger partial charge in [0.25, 0.3) is 0 Å². The van der Waals surface area contributed by atoms with Gasteiger partial charge in [-0.15, -0.1) is 0 Å². The van der Waals surface area contributed by atoms with Crippen LogP contribution in [0.3, 0.4) is 0 Å². The van der Waals surface area contributed by atoms with Crippen LogP contribution in [0.4, 0.5) is 0 Å². The zero-order valence-electron chi connectivity index (χ0n) is 8.52. The van der Waals surface area contributed by atoms with E-state index in [1.807, 2.05) is 0 Å². The molecule has 0 N–H and O–H groups in total. The second-order valence-corrected chi connectivity index (χ2v) is 3.84. The highest BCUT2D eigenvalue weighted by atomic mass is 14.2. The van der Waals surface area contributed by atoms with Gasteiger partial charge in [-0.25, -0.2) is 0 Å². The second kappa shape index (κ2) is 3.02. The first-order chi connectivity index (χ1) is 6.20. The van der Waals surface area contributed by atoms with Gasteiger partial charge < -0.3 is 0 Å². The molecule has 0 bridgehead atoms. The fraction of sp³-hybridized carbons (Fsp3) is 0.308. The molecule has 0 atom stereocenters. The molecule has 1 radical (unpaired) electrons. The van der Waals surface area contributed by atoms with Crippen molar-refractivity contribution < 1.29 is 0 Å². The zero-order chi connectivity index (χ0) is 9.42. The van der Waals surface area contributed by atoms with Crippen molar-refractivity contribution in [2.45, 2.75) is 27.2 Å². The molecule has 2 aliphatic carbocycles. The van der Waals surface area contributed by atoms with E-state index in [1.54, 1.807) is 0 Å². The quantitative estimate of drug-likeness (QED) is 0.563. The topological polar surface area (TPSA) is 0 Å². The minimum absolute atomic E-state index is 1.11. The van der Waals surface area contributed by atoms with Gasteiger partial charge in [0.2, 0.25) is 0 Å². The molecule has 2 aliphatic rings. The van der Waals surface area contributed by atoms with Crippen LogP contribution in [-0.2, 0) is 0 Å². The van der Waals surface area contributed by atoms with Gasteiger partial charge in [0, 0.05) is 5.92 Å². The van der Waals surface area contributed by atoms with E-state index in [0.717, 1.165) is 6.42 Å². The van der Waals surface area contributed by atoms with E-state index in [1.165, 1.54) is 28.2 Å². The molecule has 0 saturated heterocycles. The third-order valence-electron chi connectivity index (χ3n) is 2.84. The molecule has 0 aliphatic heterocycles. The fourth-order valence-corrected chi connectivity index (χ4v) is 2.12. The Hall–Kier alpha value is -1.04. The van der Waals surface area contributed by atoms with Crippen LogP contribution < -0.4 is 0 Å². The number of hydrogen-bond donors (Lipinski definition) is 0. The van der Waals surface area contributed by atoms with Crippen molar-refractivity contribution in [2.24, 2.45) is 0 Å². The third-order valence-corrected chi connectivity index (χ3v) is 2.84. The summed E-state index contributed by atoms with van der Waals surface area (Å²) in [6.45, 7) is 6.59. The Morgan fingerprint density at radius 2 is 1.69 bits per heavy atom. The molecule has 0 aromatic carbocycles. The molecule has 0 heteroatoms. The Morgan fingerprint density at radius 3 is 2.15 bits per heavy atom. The highest BCUT2D eigenvalue weighted by Crippen LogP contribution is 2.37. The van der Waals surface area contributed by atoms with Gasteiger partial charge in [0.15, 0.2) is 0 Å². The van der Waals surface area contributed by atoms with E-state index < -0.39 is 0 Å². The maximum absolute atomic E-state index is 2.25. The van der Waals surface area contributed by atoms with Crippen LogP contribution in [0.5, 0.6) is 0 Å². The van der Waals surface area contributed by atoms with E-state index in [0.29, 0.717) is 0 Å². The Kier molecular flexibility index (Phi) is 1.99. The van der Waals surface area contributed by atoms with Gasteiger partial charge in [0.05, 0.1) is 0 Å². The number of allylic oxidation sites excluding steroid dienone is 8. The van der Waals surface area contributed by atoms with Gasteiger partial charge in [0.1, 0.15) is 0 Å². The predicted octanol–water partition coefficient (Wildman–Crippen LogP) is 3.74. The Bertz CT molecular complexity index is 348. The molecule has 0 heterocycles. The molecule has 0 nitrogen and oxygen atoms in total. The second-order valence-electron chi connectivity index (χ2n) is 3.84. The first kappa shape index (κ1) is 8.55. The maximum Gasteiger partial charge on any atom is 0.0241 e. The molecule has 0 saturated carbocycles. The fourth-order valence-electron chi connectivity index (χ4n) is 2.12. The molecule has 0 aromatic heterocycles. The van der Waals surface area contributed by atoms with Crippen LogP contribution in [0.15, 0.2) is 46.6 Å². The number of hydrogen-bond acceptors (Lipinski definition) is 0. The molecule has 67 valence electrons. The lowest BCUT2D eigenvalue weighted by Gasteiger charge is -2.12. The van der Waals surface area contributed by atoms with Crippen LogP contribution in [0.1, 0.15) is 27.2 Å². The van der Waals surface area contributed by atoms with Gasteiger partial charge in [-0.2, -0.15) is 0 Å². The lowest BCUT2D eigenvalue weighted by Crippen LogP contribution is -1.95. The summed E-state index contributed by atoms with van der Waals surface area (Å²) in [5.74, 6) is 1.41. The standard InChI is InChI=1S/C13H15/c1-9-5-4-6-12(9)13-10(2)7-8-11(13)3/h4-5,7-8H,6H2,1-3H3. The highest BCUT2D eigenvalue weighted by Gasteiger charge is 2.20. The molecular formula is C13H15. The summed E-state index contributed by atoms with van der Waals surface area (Å²) in [4.78, 5) is 0. The average molecular weight is 171 g/mol. The van der Waals surface area contributed by atoms with Gasteiger partial charge >= 0.3 is 0 Å². The van der Waals surface area contributed by atoms with E-state index in [-0.39, 0.29) is 0 Å². The molecule has 0 unspecified atom stereocenters. The van der Waals surface area contributed by atoms with Crippen molar-refractivity contribution in [3.8, 4) is 0 Å². The van der Waals surface area contributed by atoms with Gasteiger partial charge in [-0.1, -0.05) is 31.2 Å². The van der Waals surface area contributed by atoms with Crippen molar-refractivity contribution in [3.05, 3.63) is 52.5 Å². The summed E-state index contributed by atoms with van der Waals surface area (Å²) in [5.41, 5.74) is 5.83. The van der Waals surface area contributed by atoms with Crippen LogP contribution in [0.25, 0.3) is 0 Å². The first-order valence-electron chi connectivity index (χ1n) is 4.79. The molecule has 2 rings (SSSR count). The van der Waals surface area contributed by atoms with Crippen LogP contribution >= 0.6 is 0 Å². The molecule has 0 fully saturated rings. The molecule has 13 heavy (non-hydrogen) atoms. The Labute approximate surface area is 80.3 Å². The summed E-state index contributed by atoms with van der Waals surface area (Å²) < 4.78 is 0. The predicted molar refractivity (Wildman–Crippen MR) is 57.2 cm³/mol. The summed E-state index contributed by atoms with van der Waals surface area (Å²) in [6.07, 6.45) is 10.0. The largest absolute Gasteiger partial charge is 0.0798 e. The van der Waals surface area contributed by atoms with Crippen molar-refractivity contribution >= 4 is 0 Å². The van der Waals surface area contributed by atoms with E-state index in [4.69, 9.17) is 0 Å². The summed E-state index contributed by atoms with van der Waals surface area (Å²) in [5, 5.41) is 0.